The summed E-state index contributed by atoms with van der Waals surface area (Å²) in [6.45, 7) is 5.91. The highest BCUT2D eigenvalue weighted by atomic mass is 16.5. The summed E-state index contributed by atoms with van der Waals surface area (Å²) in [5, 5.41) is 2.82. The van der Waals surface area contributed by atoms with Crippen molar-refractivity contribution in [2.75, 3.05) is 26.2 Å². The summed E-state index contributed by atoms with van der Waals surface area (Å²) < 4.78 is 5.96. The number of carbonyl (C=O) groups is 2. The number of para-hydroxylation sites is 1. The molecule has 1 aliphatic heterocycles. The molecule has 0 saturated carbocycles. The van der Waals surface area contributed by atoms with E-state index in [1.165, 1.54) is 0 Å². The molecule has 1 saturated heterocycles. The molecule has 6 heteroatoms. The lowest BCUT2D eigenvalue weighted by Gasteiger charge is -2.34. The van der Waals surface area contributed by atoms with Gasteiger partial charge in [0, 0.05) is 26.2 Å². The minimum absolute atomic E-state index is 0.0178. The maximum absolute atomic E-state index is 12.9. The number of rotatable bonds is 7. The van der Waals surface area contributed by atoms with E-state index < -0.39 is 6.10 Å². The van der Waals surface area contributed by atoms with Crippen LogP contribution in [-0.2, 0) is 9.59 Å². The first-order valence-corrected chi connectivity index (χ1v) is 9.05. The minimum atomic E-state index is -0.521. The number of hydrogen-bond acceptors (Lipinski definition) is 4. The predicted octanol–water partition coefficient (Wildman–Crippen LogP) is 1.47. The first-order valence-electron chi connectivity index (χ1n) is 9.05. The molecule has 1 aromatic carbocycles. The lowest BCUT2D eigenvalue weighted by molar-refractivity contribution is -0.142. The van der Waals surface area contributed by atoms with E-state index in [4.69, 9.17) is 10.5 Å². The molecule has 1 aromatic rings. The van der Waals surface area contributed by atoms with E-state index >= 15 is 0 Å². The highest BCUT2D eigenvalue weighted by molar-refractivity contribution is 5.83. The van der Waals surface area contributed by atoms with Gasteiger partial charge in [0.15, 0.2) is 6.10 Å². The number of nitrogens with zero attached hydrogens (tertiary/aromatic N) is 1. The van der Waals surface area contributed by atoms with E-state index in [-0.39, 0.29) is 17.7 Å². The number of nitrogens with two attached hydrogens (primary N) is 1. The van der Waals surface area contributed by atoms with E-state index in [0.717, 1.165) is 24.2 Å². The number of ether oxygens (including phenoxy) is 1. The summed E-state index contributed by atoms with van der Waals surface area (Å²) in [4.78, 5) is 26.8. The van der Waals surface area contributed by atoms with Crippen molar-refractivity contribution >= 4 is 11.8 Å². The Morgan fingerprint density at radius 2 is 2.16 bits per heavy atom. The maximum atomic E-state index is 12.9. The summed E-state index contributed by atoms with van der Waals surface area (Å²) in [6, 6.07) is 7.69. The number of nitrogens with one attached hydrogen (secondary N) is 1. The molecule has 2 unspecified atom stereocenters. The fourth-order valence-corrected chi connectivity index (χ4v) is 3.08. The molecule has 1 heterocycles. The molecule has 0 bridgehead atoms. The topological polar surface area (TPSA) is 84.7 Å². The number of carbonyl (C=O) groups excluding carboxylic acids is 2. The third-order valence-corrected chi connectivity index (χ3v) is 4.56. The van der Waals surface area contributed by atoms with E-state index in [1.54, 1.807) is 4.90 Å². The largest absolute Gasteiger partial charge is 0.480 e. The number of likely N-dealkylation sites (tertiary alicyclic amines) is 1. The first-order chi connectivity index (χ1) is 12.1. The molecule has 2 amide bonds. The Morgan fingerprint density at radius 1 is 1.40 bits per heavy atom. The zero-order chi connectivity index (χ0) is 18.2. The van der Waals surface area contributed by atoms with E-state index in [1.807, 2.05) is 38.1 Å². The van der Waals surface area contributed by atoms with Gasteiger partial charge in [0.05, 0.1) is 5.92 Å². The Morgan fingerprint density at radius 3 is 2.84 bits per heavy atom. The second kappa shape index (κ2) is 9.42. The van der Waals surface area contributed by atoms with Crippen molar-refractivity contribution in [2.24, 2.45) is 11.7 Å². The van der Waals surface area contributed by atoms with Crippen LogP contribution in [0.5, 0.6) is 5.75 Å². The average molecular weight is 347 g/mol. The molecule has 0 spiro atoms. The highest BCUT2D eigenvalue weighted by Crippen LogP contribution is 2.22. The molecular weight excluding hydrogens is 318 g/mol. The fourth-order valence-electron chi connectivity index (χ4n) is 3.08. The Bertz CT molecular complexity index is 591. The van der Waals surface area contributed by atoms with Gasteiger partial charge >= 0.3 is 0 Å². The maximum Gasteiger partial charge on any atom is 0.263 e. The molecule has 0 aromatic heterocycles. The molecule has 2 rings (SSSR count). The van der Waals surface area contributed by atoms with Gasteiger partial charge in [-0.15, -0.1) is 0 Å². The van der Waals surface area contributed by atoms with Crippen molar-refractivity contribution in [3.8, 4) is 5.75 Å². The van der Waals surface area contributed by atoms with Gasteiger partial charge in [-0.2, -0.15) is 0 Å². The number of benzene rings is 1. The van der Waals surface area contributed by atoms with Crippen molar-refractivity contribution in [3.05, 3.63) is 29.8 Å². The van der Waals surface area contributed by atoms with Crippen LogP contribution in [0.15, 0.2) is 24.3 Å². The third-order valence-electron chi connectivity index (χ3n) is 4.56. The number of piperidine rings is 1. The fraction of sp³-hybridized carbons (Fsp3) is 0.579. The number of aryl methyl sites for hydroxylation is 1. The van der Waals surface area contributed by atoms with E-state index in [9.17, 15) is 9.59 Å². The molecule has 25 heavy (non-hydrogen) atoms. The zero-order valence-electron chi connectivity index (χ0n) is 15.2. The molecule has 3 N–H and O–H groups in total. The van der Waals surface area contributed by atoms with Crippen LogP contribution in [0.25, 0.3) is 0 Å². The van der Waals surface area contributed by atoms with Gasteiger partial charge in [-0.05, 0) is 37.8 Å². The van der Waals surface area contributed by atoms with Crippen molar-refractivity contribution in [1.29, 1.82) is 0 Å². The predicted molar refractivity (Wildman–Crippen MR) is 97.3 cm³/mol. The summed E-state index contributed by atoms with van der Waals surface area (Å²) in [7, 11) is 0. The van der Waals surface area contributed by atoms with E-state index in [2.05, 4.69) is 5.32 Å². The van der Waals surface area contributed by atoms with Crippen molar-refractivity contribution in [1.82, 2.24) is 10.2 Å². The average Bonchev–Trinajstić information content (AvgIpc) is 2.65. The molecule has 0 aliphatic carbocycles. The molecule has 2 atom stereocenters. The van der Waals surface area contributed by atoms with Crippen LogP contribution < -0.4 is 15.8 Å². The quantitative estimate of drug-likeness (QED) is 0.782. The second-order valence-corrected chi connectivity index (χ2v) is 6.48. The summed E-state index contributed by atoms with van der Waals surface area (Å²) in [5.41, 5.74) is 6.44. The first kappa shape index (κ1) is 19.2. The summed E-state index contributed by atoms with van der Waals surface area (Å²) in [6.07, 6.45) is 1.70. The number of amides is 2. The smallest absolute Gasteiger partial charge is 0.263 e. The van der Waals surface area contributed by atoms with Crippen LogP contribution in [0.1, 0.15) is 31.7 Å². The van der Waals surface area contributed by atoms with Crippen LogP contribution in [-0.4, -0.2) is 49.0 Å². The molecule has 0 radical (unpaired) electrons. The normalized spacial score (nSPS) is 18.5. The van der Waals surface area contributed by atoms with Crippen LogP contribution in [0, 0.1) is 12.8 Å². The van der Waals surface area contributed by atoms with Gasteiger partial charge in [-0.3, -0.25) is 9.59 Å². The second-order valence-electron chi connectivity index (χ2n) is 6.48. The Balaban J connectivity index is 1.99. The summed E-state index contributed by atoms with van der Waals surface area (Å²) >= 11 is 0. The monoisotopic (exact) mass is 347 g/mol. The Labute approximate surface area is 149 Å². The molecule has 1 aliphatic rings. The van der Waals surface area contributed by atoms with Crippen LogP contribution in [0.4, 0.5) is 0 Å². The SMILES string of the molecule is CCC(Oc1ccccc1C)C(=O)N1CCCC(C(=O)NCCN)C1. The Hall–Kier alpha value is -2.08. The molecule has 1 fully saturated rings. The minimum Gasteiger partial charge on any atom is -0.480 e. The molecular formula is C19H29N3O3. The zero-order valence-corrected chi connectivity index (χ0v) is 15.2. The van der Waals surface area contributed by atoms with Crippen LogP contribution in [0.3, 0.4) is 0 Å². The van der Waals surface area contributed by atoms with Gasteiger partial charge in [-0.1, -0.05) is 25.1 Å². The molecule has 6 nitrogen and oxygen atoms in total. The lowest BCUT2D eigenvalue weighted by atomic mass is 9.96. The van der Waals surface area contributed by atoms with Crippen LogP contribution >= 0.6 is 0 Å². The van der Waals surface area contributed by atoms with Crippen molar-refractivity contribution < 1.29 is 14.3 Å². The third kappa shape index (κ3) is 5.19. The van der Waals surface area contributed by atoms with Gasteiger partial charge in [-0.25, -0.2) is 0 Å². The number of hydrogen-bond donors (Lipinski definition) is 2. The van der Waals surface area contributed by atoms with Crippen molar-refractivity contribution in [2.45, 2.75) is 39.2 Å². The van der Waals surface area contributed by atoms with Gasteiger partial charge in [0.25, 0.3) is 5.91 Å². The van der Waals surface area contributed by atoms with E-state index in [0.29, 0.717) is 32.6 Å². The van der Waals surface area contributed by atoms with Gasteiger partial charge in [0.1, 0.15) is 5.75 Å². The van der Waals surface area contributed by atoms with Crippen LogP contribution in [0.2, 0.25) is 0 Å². The van der Waals surface area contributed by atoms with Crippen molar-refractivity contribution in [3.63, 3.8) is 0 Å². The standard InChI is InChI=1S/C19H29N3O3/c1-3-16(25-17-9-5-4-7-14(17)2)19(24)22-12-6-8-15(13-22)18(23)21-11-10-20/h4-5,7,9,15-16H,3,6,8,10-13,20H2,1-2H3,(H,21,23). The highest BCUT2D eigenvalue weighted by Gasteiger charge is 2.32. The lowest BCUT2D eigenvalue weighted by Crippen LogP contribution is -2.50. The summed E-state index contributed by atoms with van der Waals surface area (Å²) in [5.74, 6) is 0.509. The van der Waals surface area contributed by atoms with Gasteiger partial charge < -0.3 is 20.7 Å². The Kier molecular flexibility index (Phi) is 7.25. The van der Waals surface area contributed by atoms with Gasteiger partial charge in [0.2, 0.25) is 5.91 Å². The molecule has 138 valence electrons.